The van der Waals surface area contributed by atoms with Crippen LogP contribution in [0.15, 0.2) is 59.8 Å². The number of hydrogen-bond donors (Lipinski definition) is 0. The fraction of sp³-hybridized carbons (Fsp3) is 0.360. The zero-order valence-corrected chi connectivity index (χ0v) is 20.2. The van der Waals surface area contributed by atoms with Gasteiger partial charge in [-0.2, -0.15) is 10.2 Å². The molecule has 2 aliphatic heterocycles. The molecular formula is C25H23ClF2N2O4S. The smallest absolute Gasteiger partial charge is 0.180 e. The number of rotatable bonds is 6. The van der Waals surface area contributed by atoms with E-state index < -0.39 is 33.0 Å². The van der Waals surface area contributed by atoms with Crippen molar-refractivity contribution in [3.05, 3.63) is 82.6 Å². The van der Waals surface area contributed by atoms with Crippen molar-refractivity contribution in [3.8, 4) is 5.75 Å². The highest BCUT2D eigenvalue weighted by Gasteiger charge is 2.53. The highest BCUT2D eigenvalue weighted by molar-refractivity contribution is 7.91. The molecule has 0 unspecified atom stereocenters. The van der Waals surface area contributed by atoms with Gasteiger partial charge in [0.15, 0.2) is 21.4 Å². The standard InChI is InChI=1S/C25H23ClF2N2O4S/c26-17-3-1-16(2-4-17)13-25-9-11-33-22(8-12-35(31,32)18-7-10-29-30-14-18)19(25)15-34-24-21(28)6-5-20(27)23(24)25/h1-7,10,14,19,22H,8-9,11-13,15H2/t19-,22-,25-/m0/s1. The Labute approximate surface area is 207 Å². The van der Waals surface area contributed by atoms with E-state index in [0.29, 0.717) is 17.9 Å². The zero-order chi connectivity index (χ0) is 24.6. The Morgan fingerprint density at radius 3 is 2.57 bits per heavy atom. The maximum Gasteiger partial charge on any atom is 0.180 e. The van der Waals surface area contributed by atoms with Gasteiger partial charge >= 0.3 is 0 Å². The van der Waals surface area contributed by atoms with E-state index >= 15 is 4.39 Å². The van der Waals surface area contributed by atoms with Crippen molar-refractivity contribution >= 4 is 21.4 Å². The molecule has 0 bridgehead atoms. The first kappa shape index (κ1) is 24.1. The SMILES string of the molecule is O=S(=O)(CC[C@@H]1OCC[C@@]2(Cc3ccc(Cl)cc3)c3c(F)ccc(F)c3OC[C@@H]12)c1ccnnc1. The molecule has 1 saturated heterocycles. The summed E-state index contributed by atoms with van der Waals surface area (Å²) in [7, 11) is -3.63. The van der Waals surface area contributed by atoms with Crippen molar-refractivity contribution < 1.29 is 26.7 Å². The Kier molecular flexibility index (Phi) is 6.50. The average molecular weight is 521 g/mol. The lowest BCUT2D eigenvalue weighted by molar-refractivity contribution is -0.0963. The summed E-state index contributed by atoms with van der Waals surface area (Å²) in [5, 5.41) is 7.85. The largest absolute Gasteiger partial charge is 0.490 e. The van der Waals surface area contributed by atoms with E-state index in [1.54, 1.807) is 12.1 Å². The summed E-state index contributed by atoms with van der Waals surface area (Å²) in [5.74, 6) is -1.81. The number of halogens is 3. The van der Waals surface area contributed by atoms with Crippen LogP contribution in [-0.4, -0.2) is 43.7 Å². The first-order valence-corrected chi connectivity index (χ1v) is 13.3. The third-order valence-electron chi connectivity index (χ3n) is 7.02. The van der Waals surface area contributed by atoms with E-state index in [0.717, 1.165) is 17.7 Å². The molecule has 3 atom stereocenters. The summed E-state index contributed by atoms with van der Waals surface area (Å²) in [6.45, 7) is 0.365. The number of hydrogen-bond acceptors (Lipinski definition) is 6. The fourth-order valence-corrected chi connectivity index (χ4v) is 6.73. The van der Waals surface area contributed by atoms with Gasteiger partial charge in [0.05, 0.1) is 35.8 Å². The topological polar surface area (TPSA) is 78.4 Å². The molecule has 0 saturated carbocycles. The predicted octanol–water partition coefficient (Wildman–Crippen LogP) is 4.55. The normalized spacial score (nSPS) is 23.7. The van der Waals surface area contributed by atoms with Crippen molar-refractivity contribution in [3.63, 3.8) is 0 Å². The molecular weight excluding hydrogens is 498 g/mol. The van der Waals surface area contributed by atoms with Crippen LogP contribution in [0.3, 0.4) is 0 Å². The minimum atomic E-state index is -3.63. The van der Waals surface area contributed by atoms with Crippen molar-refractivity contribution in [1.29, 1.82) is 0 Å². The van der Waals surface area contributed by atoms with Gasteiger partial charge in [-0.3, -0.25) is 0 Å². The lowest BCUT2D eigenvalue weighted by atomic mass is 9.60. The number of sulfone groups is 1. The second kappa shape index (κ2) is 9.44. The third-order valence-corrected chi connectivity index (χ3v) is 9.01. The van der Waals surface area contributed by atoms with Gasteiger partial charge in [0.25, 0.3) is 0 Å². The van der Waals surface area contributed by atoms with Gasteiger partial charge in [-0.05, 0) is 55.2 Å². The number of ether oxygens (including phenoxy) is 2. The van der Waals surface area contributed by atoms with Crippen LogP contribution in [0.1, 0.15) is 24.0 Å². The second-order valence-corrected chi connectivity index (χ2v) is 11.5. The lowest BCUT2D eigenvalue weighted by Gasteiger charge is -2.51. The molecule has 0 N–H and O–H groups in total. The van der Waals surface area contributed by atoms with Gasteiger partial charge in [-0.25, -0.2) is 17.2 Å². The van der Waals surface area contributed by atoms with Crippen molar-refractivity contribution in [2.24, 2.45) is 5.92 Å². The quantitative estimate of drug-likeness (QED) is 0.474. The van der Waals surface area contributed by atoms with Gasteiger partial charge in [0, 0.05) is 28.5 Å². The molecule has 3 heterocycles. The Hall–Kier alpha value is -2.62. The second-order valence-electron chi connectivity index (χ2n) is 8.96. The minimum absolute atomic E-state index is 0.0775. The molecule has 0 amide bonds. The maximum atomic E-state index is 15.3. The first-order valence-electron chi connectivity index (χ1n) is 11.3. The average Bonchev–Trinajstić information content (AvgIpc) is 2.86. The number of nitrogens with zero attached hydrogens (tertiary/aromatic N) is 2. The predicted molar refractivity (Wildman–Crippen MR) is 125 cm³/mol. The van der Waals surface area contributed by atoms with Crippen LogP contribution in [0.25, 0.3) is 0 Å². The van der Waals surface area contributed by atoms with E-state index in [9.17, 15) is 12.8 Å². The molecule has 2 aromatic carbocycles. The molecule has 1 aromatic heterocycles. The van der Waals surface area contributed by atoms with Crippen LogP contribution in [0.4, 0.5) is 8.78 Å². The molecule has 0 radical (unpaired) electrons. The van der Waals surface area contributed by atoms with Crippen LogP contribution in [0.2, 0.25) is 5.02 Å². The molecule has 1 fully saturated rings. The Bertz CT molecular complexity index is 1330. The minimum Gasteiger partial charge on any atom is -0.490 e. The van der Waals surface area contributed by atoms with E-state index in [1.807, 2.05) is 12.1 Å². The summed E-state index contributed by atoms with van der Waals surface area (Å²) >= 11 is 6.06. The summed E-state index contributed by atoms with van der Waals surface area (Å²) in [5.41, 5.74) is 0.267. The molecule has 2 aliphatic rings. The van der Waals surface area contributed by atoms with Crippen LogP contribution in [-0.2, 0) is 26.4 Å². The number of aromatic nitrogens is 2. The monoisotopic (exact) mass is 520 g/mol. The van der Waals surface area contributed by atoms with Crippen LogP contribution in [0, 0.1) is 17.6 Å². The third kappa shape index (κ3) is 4.52. The molecule has 10 heteroatoms. The molecule has 0 spiro atoms. The van der Waals surface area contributed by atoms with Crippen molar-refractivity contribution in [2.75, 3.05) is 19.0 Å². The number of fused-ring (bicyclic) bond motifs is 3. The highest BCUT2D eigenvalue weighted by atomic mass is 35.5. The molecule has 6 nitrogen and oxygen atoms in total. The van der Waals surface area contributed by atoms with Crippen molar-refractivity contribution in [1.82, 2.24) is 10.2 Å². The first-order chi connectivity index (χ1) is 16.8. The summed E-state index contributed by atoms with van der Waals surface area (Å²) in [4.78, 5) is 0.0779. The van der Waals surface area contributed by atoms with Gasteiger partial charge in [0.1, 0.15) is 5.82 Å². The van der Waals surface area contributed by atoms with Crippen LogP contribution < -0.4 is 4.74 Å². The summed E-state index contributed by atoms with van der Waals surface area (Å²) < 4.78 is 67.6. The highest BCUT2D eigenvalue weighted by Crippen LogP contribution is 2.52. The molecule has 184 valence electrons. The van der Waals surface area contributed by atoms with Crippen molar-refractivity contribution in [2.45, 2.75) is 35.7 Å². The summed E-state index contributed by atoms with van der Waals surface area (Å²) in [6.07, 6.45) is 3.02. The fourth-order valence-electron chi connectivity index (χ4n) is 5.35. The van der Waals surface area contributed by atoms with Gasteiger partial charge in [0.2, 0.25) is 0 Å². The van der Waals surface area contributed by atoms with E-state index in [2.05, 4.69) is 10.2 Å². The van der Waals surface area contributed by atoms with Gasteiger partial charge < -0.3 is 9.47 Å². The Balaban J connectivity index is 1.52. The molecule has 0 aliphatic carbocycles. The van der Waals surface area contributed by atoms with E-state index in [4.69, 9.17) is 21.1 Å². The van der Waals surface area contributed by atoms with E-state index in [1.165, 1.54) is 18.5 Å². The molecule has 35 heavy (non-hydrogen) atoms. The van der Waals surface area contributed by atoms with Gasteiger partial charge in [-0.15, -0.1) is 0 Å². The number of benzene rings is 2. The Morgan fingerprint density at radius 2 is 1.83 bits per heavy atom. The lowest BCUT2D eigenvalue weighted by Crippen LogP contribution is -2.55. The summed E-state index contributed by atoms with van der Waals surface area (Å²) in [6, 6.07) is 10.8. The van der Waals surface area contributed by atoms with Gasteiger partial charge in [-0.1, -0.05) is 23.7 Å². The Morgan fingerprint density at radius 1 is 1.06 bits per heavy atom. The van der Waals surface area contributed by atoms with E-state index in [-0.39, 0.29) is 47.5 Å². The van der Waals surface area contributed by atoms with Crippen LogP contribution in [0.5, 0.6) is 5.75 Å². The zero-order valence-electron chi connectivity index (χ0n) is 18.7. The van der Waals surface area contributed by atoms with Crippen LogP contribution >= 0.6 is 11.6 Å². The maximum absolute atomic E-state index is 15.3. The molecule has 5 rings (SSSR count). The molecule has 3 aromatic rings.